The first-order valence-corrected chi connectivity index (χ1v) is 6.08. The largest absolute Gasteiger partial charge is 0.464 e. The molecule has 3 aromatic rings. The molecule has 1 aromatic heterocycles. The van der Waals surface area contributed by atoms with Crippen molar-refractivity contribution in [3.63, 3.8) is 0 Å². The van der Waals surface area contributed by atoms with Crippen molar-refractivity contribution < 1.29 is 9.25 Å². The highest BCUT2D eigenvalue weighted by Gasteiger charge is 1.96. The molecular formula is C16H13NO2. The van der Waals surface area contributed by atoms with Crippen molar-refractivity contribution in [3.05, 3.63) is 72.0 Å². The van der Waals surface area contributed by atoms with Gasteiger partial charge in [0.05, 0.1) is 12.5 Å². The Hall–Kier alpha value is -2.55. The van der Waals surface area contributed by atoms with Gasteiger partial charge in [-0.3, -0.25) is 0 Å². The average Bonchev–Trinajstić information content (AvgIpc) is 2.92. The average molecular weight is 251 g/mol. The molecule has 0 atom stereocenters. The van der Waals surface area contributed by atoms with Gasteiger partial charge in [0, 0.05) is 5.39 Å². The predicted molar refractivity (Wildman–Crippen MR) is 75.0 cm³/mol. The lowest BCUT2D eigenvalue weighted by molar-refractivity contribution is 0.132. The minimum atomic E-state index is 0.477. The van der Waals surface area contributed by atoms with Gasteiger partial charge in [-0.2, -0.15) is 0 Å². The van der Waals surface area contributed by atoms with Crippen LogP contribution in [0, 0.1) is 0 Å². The molecule has 3 nitrogen and oxygen atoms in total. The summed E-state index contributed by atoms with van der Waals surface area (Å²) < 4.78 is 5.28. The van der Waals surface area contributed by atoms with Crippen LogP contribution in [0.5, 0.6) is 0 Å². The summed E-state index contributed by atoms with van der Waals surface area (Å²) in [6.07, 6.45) is 3.38. The van der Waals surface area contributed by atoms with E-state index in [9.17, 15) is 0 Å². The molecule has 0 saturated carbocycles. The fraction of sp³-hybridized carbons (Fsp3) is 0.0625. The van der Waals surface area contributed by atoms with Gasteiger partial charge >= 0.3 is 0 Å². The molecule has 0 unspecified atom stereocenters. The normalized spacial score (nSPS) is 11.2. The molecular weight excluding hydrogens is 238 g/mol. The van der Waals surface area contributed by atoms with E-state index in [0.29, 0.717) is 6.61 Å². The smallest absolute Gasteiger partial charge is 0.142 e. The second kappa shape index (κ2) is 5.40. The van der Waals surface area contributed by atoms with Gasteiger partial charge < -0.3 is 9.25 Å². The summed E-state index contributed by atoms with van der Waals surface area (Å²) in [6.45, 7) is 0.477. The molecule has 0 aliphatic carbocycles. The minimum absolute atomic E-state index is 0.477. The highest BCUT2D eigenvalue weighted by atomic mass is 16.6. The molecule has 3 rings (SSSR count). The first kappa shape index (κ1) is 11.5. The fourth-order valence-corrected chi connectivity index (χ4v) is 1.85. The lowest BCUT2D eigenvalue weighted by atomic mass is 10.2. The van der Waals surface area contributed by atoms with Gasteiger partial charge in [0.2, 0.25) is 0 Å². The van der Waals surface area contributed by atoms with Crippen LogP contribution in [0.15, 0.2) is 70.4 Å². The van der Waals surface area contributed by atoms with Crippen LogP contribution in [0.25, 0.3) is 11.0 Å². The van der Waals surface area contributed by atoms with Crippen LogP contribution < -0.4 is 0 Å². The quantitative estimate of drug-likeness (QED) is 0.519. The molecule has 3 heteroatoms. The Kier molecular flexibility index (Phi) is 3.28. The molecule has 0 spiro atoms. The van der Waals surface area contributed by atoms with E-state index >= 15 is 0 Å². The third-order valence-electron chi connectivity index (χ3n) is 2.83. The van der Waals surface area contributed by atoms with E-state index in [0.717, 1.165) is 22.1 Å². The second-order valence-electron chi connectivity index (χ2n) is 4.21. The molecule has 0 saturated heterocycles. The van der Waals surface area contributed by atoms with Crippen LogP contribution >= 0.6 is 0 Å². The Morgan fingerprint density at radius 2 is 1.95 bits per heavy atom. The standard InChI is InChI=1S/C16H13NO2/c1-2-4-13(5-3-1)12-19-17-11-14-6-7-16-15(10-14)8-9-18-16/h1-11H,12H2. The van der Waals surface area contributed by atoms with Crippen molar-refractivity contribution in [1.82, 2.24) is 0 Å². The Bertz CT molecular complexity index is 686. The van der Waals surface area contributed by atoms with E-state index in [1.807, 2.05) is 54.6 Å². The van der Waals surface area contributed by atoms with Crippen molar-refractivity contribution in [2.24, 2.45) is 5.16 Å². The van der Waals surface area contributed by atoms with E-state index in [2.05, 4.69) is 5.16 Å². The van der Waals surface area contributed by atoms with Crippen molar-refractivity contribution in [3.8, 4) is 0 Å². The van der Waals surface area contributed by atoms with Gasteiger partial charge in [-0.15, -0.1) is 0 Å². The van der Waals surface area contributed by atoms with Crippen LogP contribution in [-0.2, 0) is 11.4 Å². The molecule has 94 valence electrons. The second-order valence-corrected chi connectivity index (χ2v) is 4.21. The zero-order valence-electron chi connectivity index (χ0n) is 10.3. The topological polar surface area (TPSA) is 34.7 Å². The molecule has 0 N–H and O–H groups in total. The SMILES string of the molecule is C(=NOCc1ccccc1)c1ccc2occc2c1. The Balaban J connectivity index is 1.62. The Labute approximate surface area is 111 Å². The van der Waals surface area contributed by atoms with Crippen molar-refractivity contribution in [2.45, 2.75) is 6.61 Å². The number of hydrogen-bond donors (Lipinski definition) is 0. The summed E-state index contributed by atoms with van der Waals surface area (Å²) in [5.74, 6) is 0. The number of hydrogen-bond acceptors (Lipinski definition) is 3. The van der Waals surface area contributed by atoms with Crippen LogP contribution in [0.3, 0.4) is 0 Å². The summed E-state index contributed by atoms with van der Waals surface area (Å²) in [5.41, 5.74) is 2.97. The van der Waals surface area contributed by atoms with E-state index in [1.54, 1.807) is 12.5 Å². The third kappa shape index (κ3) is 2.83. The van der Waals surface area contributed by atoms with Crippen molar-refractivity contribution >= 4 is 17.2 Å². The van der Waals surface area contributed by atoms with E-state index in [4.69, 9.17) is 9.25 Å². The first-order valence-electron chi connectivity index (χ1n) is 6.08. The maximum Gasteiger partial charge on any atom is 0.142 e. The van der Waals surface area contributed by atoms with Gasteiger partial charge in [0.1, 0.15) is 12.2 Å². The van der Waals surface area contributed by atoms with Crippen molar-refractivity contribution in [2.75, 3.05) is 0 Å². The number of fused-ring (bicyclic) bond motifs is 1. The number of furan rings is 1. The van der Waals surface area contributed by atoms with Crippen LogP contribution in [0.2, 0.25) is 0 Å². The summed E-state index contributed by atoms with van der Waals surface area (Å²) in [4.78, 5) is 5.26. The fourth-order valence-electron chi connectivity index (χ4n) is 1.85. The minimum Gasteiger partial charge on any atom is -0.464 e. The molecule has 0 aliphatic heterocycles. The molecule has 0 bridgehead atoms. The lowest BCUT2D eigenvalue weighted by Gasteiger charge is -1.98. The van der Waals surface area contributed by atoms with E-state index in [1.165, 1.54) is 0 Å². The van der Waals surface area contributed by atoms with Gasteiger partial charge in [0.15, 0.2) is 0 Å². The molecule has 0 radical (unpaired) electrons. The molecule has 0 aliphatic rings. The number of benzene rings is 2. The summed E-state index contributed by atoms with van der Waals surface area (Å²) in [5, 5.41) is 5.03. The van der Waals surface area contributed by atoms with Crippen molar-refractivity contribution in [1.29, 1.82) is 0 Å². The number of nitrogens with zero attached hydrogens (tertiary/aromatic N) is 1. The lowest BCUT2D eigenvalue weighted by Crippen LogP contribution is -1.87. The summed E-state index contributed by atoms with van der Waals surface area (Å²) >= 11 is 0. The maximum absolute atomic E-state index is 5.28. The van der Waals surface area contributed by atoms with E-state index < -0.39 is 0 Å². The predicted octanol–water partition coefficient (Wildman–Crippen LogP) is 3.98. The third-order valence-corrected chi connectivity index (χ3v) is 2.83. The van der Waals surface area contributed by atoms with E-state index in [-0.39, 0.29) is 0 Å². The molecule has 19 heavy (non-hydrogen) atoms. The first-order chi connectivity index (χ1) is 9.42. The Morgan fingerprint density at radius 1 is 1.05 bits per heavy atom. The summed E-state index contributed by atoms with van der Waals surface area (Å²) in [7, 11) is 0. The summed E-state index contributed by atoms with van der Waals surface area (Å²) in [6, 6.07) is 17.8. The highest BCUT2D eigenvalue weighted by molar-refractivity contribution is 5.87. The number of oxime groups is 1. The number of rotatable bonds is 4. The maximum atomic E-state index is 5.28. The van der Waals surface area contributed by atoms with Crippen LogP contribution in [0.1, 0.15) is 11.1 Å². The van der Waals surface area contributed by atoms with Crippen LogP contribution in [-0.4, -0.2) is 6.21 Å². The van der Waals surface area contributed by atoms with Gasteiger partial charge in [-0.05, 0) is 35.4 Å². The highest BCUT2D eigenvalue weighted by Crippen LogP contribution is 2.16. The van der Waals surface area contributed by atoms with Gasteiger partial charge in [-0.1, -0.05) is 35.5 Å². The molecule has 2 aromatic carbocycles. The molecule has 0 fully saturated rings. The van der Waals surface area contributed by atoms with Gasteiger partial charge in [-0.25, -0.2) is 0 Å². The van der Waals surface area contributed by atoms with Gasteiger partial charge in [0.25, 0.3) is 0 Å². The zero-order chi connectivity index (χ0) is 12.9. The molecule has 0 amide bonds. The van der Waals surface area contributed by atoms with Crippen LogP contribution in [0.4, 0.5) is 0 Å². The monoisotopic (exact) mass is 251 g/mol. The Morgan fingerprint density at radius 3 is 2.84 bits per heavy atom. The molecule has 1 heterocycles. The zero-order valence-corrected chi connectivity index (χ0v) is 10.3.